The summed E-state index contributed by atoms with van der Waals surface area (Å²) in [6, 6.07) is 6.86. The van der Waals surface area contributed by atoms with Crippen LogP contribution in [0.5, 0.6) is 0 Å². The SMILES string of the molecule is CCc1ccc2c(CC)cn(CCCOC)c2c1. The van der Waals surface area contributed by atoms with Crippen LogP contribution in [0.25, 0.3) is 10.9 Å². The Morgan fingerprint density at radius 2 is 2.00 bits per heavy atom. The van der Waals surface area contributed by atoms with Gasteiger partial charge in [0, 0.05) is 37.4 Å². The molecule has 1 aromatic carbocycles. The maximum atomic E-state index is 5.14. The molecule has 0 bridgehead atoms. The van der Waals surface area contributed by atoms with Crippen molar-refractivity contribution in [2.45, 2.75) is 39.7 Å². The van der Waals surface area contributed by atoms with E-state index in [4.69, 9.17) is 4.74 Å². The monoisotopic (exact) mass is 245 g/mol. The topological polar surface area (TPSA) is 14.2 Å². The van der Waals surface area contributed by atoms with Crippen molar-refractivity contribution in [2.24, 2.45) is 0 Å². The predicted molar refractivity (Wildman–Crippen MR) is 77.2 cm³/mol. The lowest BCUT2D eigenvalue weighted by atomic mass is 10.1. The Balaban J connectivity index is 2.37. The minimum atomic E-state index is 0.828. The van der Waals surface area contributed by atoms with Crippen molar-refractivity contribution in [3.63, 3.8) is 0 Å². The molecule has 0 N–H and O–H groups in total. The molecule has 0 atom stereocenters. The third kappa shape index (κ3) is 2.59. The number of hydrogen-bond acceptors (Lipinski definition) is 1. The van der Waals surface area contributed by atoms with Crippen LogP contribution in [-0.4, -0.2) is 18.3 Å². The molecule has 1 aromatic heterocycles. The summed E-state index contributed by atoms with van der Waals surface area (Å²) in [7, 11) is 1.76. The first-order valence-corrected chi connectivity index (χ1v) is 6.89. The molecule has 0 aliphatic rings. The van der Waals surface area contributed by atoms with Gasteiger partial charge in [-0.2, -0.15) is 0 Å². The Morgan fingerprint density at radius 1 is 1.17 bits per heavy atom. The van der Waals surface area contributed by atoms with Gasteiger partial charge in [-0.15, -0.1) is 0 Å². The lowest BCUT2D eigenvalue weighted by Gasteiger charge is -2.06. The zero-order chi connectivity index (χ0) is 13.0. The minimum absolute atomic E-state index is 0.828. The first-order chi connectivity index (χ1) is 8.80. The second-order valence-corrected chi connectivity index (χ2v) is 4.75. The van der Waals surface area contributed by atoms with Crippen LogP contribution in [0.2, 0.25) is 0 Å². The van der Waals surface area contributed by atoms with Crippen LogP contribution in [0, 0.1) is 0 Å². The molecule has 2 heteroatoms. The standard InChI is InChI=1S/C16H23NO/c1-4-13-7-8-15-14(5-2)12-17(16(15)11-13)9-6-10-18-3/h7-8,11-12H,4-6,9-10H2,1-3H3. The Morgan fingerprint density at radius 3 is 2.67 bits per heavy atom. The van der Waals surface area contributed by atoms with Crippen LogP contribution >= 0.6 is 0 Å². The van der Waals surface area contributed by atoms with Crippen molar-refractivity contribution in [1.82, 2.24) is 4.57 Å². The van der Waals surface area contributed by atoms with Crippen LogP contribution in [0.15, 0.2) is 24.4 Å². The summed E-state index contributed by atoms with van der Waals surface area (Å²) in [5.41, 5.74) is 4.24. The molecule has 0 radical (unpaired) electrons. The molecule has 0 aliphatic heterocycles. The molecule has 2 nitrogen and oxygen atoms in total. The van der Waals surface area contributed by atoms with E-state index in [9.17, 15) is 0 Å². The molecule has 0 amide bonds. The van der Waals surface area contributed by atoms with E-state index in [0.29, 0.717) is 0 Å². The number of aromatic nitrogens is 1. The maximum Gasteiger partial charge on any atom is 0.0485 e. The normalized spacial score (nSPS) is 11.3. The van der Waals surface area contributed by atoms with Crippen LogP contribution in [0.4, 0.5) is 0 Å². The van der Waals surface area contributed by atoms with Crippen LogP contribution in [0.1, 0.15) is 31.4 Å². The van der Waals surface area contributed by atoms with E-state index < -0.39 is 0 Å². The number of ether oxygens (including phenoxy) is 1. The molecule has 0 saturated carbocycles. The quantitative estimate of drug-likeness (QED) is 0.706. The van der Waals surface area contributed by atoms with E-state index in [2.05, 4.69) is 42.8 Å². The number of benzene rings is 1. The largest absolute Gasteiger partial charge is 0.385 e. The van der Waals surface area contributed by atoms with Gasteiger partial charge >= 0.3 is 0 Å². The van der Waals surface area contributed by atoms with E-state index >= 15 is 0 Å². The summed E-state index contributed by atoms with van der Waals surface area (Å²) in [6.07, 6.45) is 5.57. The molecule has 0 spiro atoms. The average Bonchev–Trinajstić information content (AvgIpc) is 2.76. The smallest absolute Gasteiger partial charge is 0.0485 e. The summed E-state index contributed by atoms with van der Waals surface area (Å²) in [6.45, 7) is 6.30. The molecule has 2 aromatic rings. The van der Waals surface area contributed by atoms with Crippen LogP contribution in [0.3, 0.4) is 0 Å². The minimum Gasteiger partial charge on any atom is -0.385 e. The fraction of sp³-hybridized carbons (Fsp3) is 0.500. The first kappa shape index (κ1) is 13.2. The average molecular weight is 245 g/mol. The molecule has 1 heterocycles. The summed E-state index contributed by atoms with van der Waals surface area (Å²) in [5, 5.41) is 1.41. The number of methoxy groups -OCH3 is 1. The summed E-state index contributed by atoms with van der Waals surface area (Å²) < 4.78 is 7.52. The molecule has 18 heavy (non-hydrogen) atoms. The van der Waals surface area contributed by atoms with Crippen molar-refractivity contribution >= 4 is 10.9 Å². The molecule has 0 unspecified atom stereocenters. The Hall–Kier alpha value is -1.28. The maximum absolute atomic E-state index is 5.14. The van der Waals surface area contributed by atoms with E-state index in [-0.39, 0.29) is 0 Å². The van der Waals surface area contributed by atoms with Gasteiger partial charge in [0.1, 0.15) is 0 Å². The zero-order valence-corrected chi connectivity index (χ0v) is 11.7. The van der Waals surface area contributed by atoms with Gasteiger partial charge < -0.3 is 9.30 Å². The Kier molecular flexibility index (Phi) is 4.43. The van der Waals surface area contributed by atoms with Gasteiger partial charge in [-0.25, -0.2) is 0 Å². The molecule has 98 valence electrons. The fourth-order valence-corrected chi connectivity index (χ4v) is 2.48. The van der Waals surface area contributed by atoms with E-state index in [1.165, 1.54) is 22.0 Å². The van der Waals surface area contributed by atoms with Crippen molar-refractivity contribution in [3.05, 3.63) is 35.5 Å². The molecular weight excluding hydrogens is 222 g/mol. The van der Waals surface area contributed by atoms with Gasteiger partial charge in [0.15, 0.2) is 0 Å². The Bertz CT molecular complexity index is 513. The highest BCUT2D eigenvalue weighted by Gasteiger charge is 2.07. The number of hydrogen-bond donors (Lipinski definition) is 0. The van der Waals surface area contributed by atoms with Gasteiger partial charge in [0.25, 0.3) is 0 Å². The lowest BCUT2D eigenvalue weighted by molar-refractivity contribution is 0.190. The number of rotatable bonds is 6. The highest BCUT2D eigenvalue weighted by molar-refractivity contribution is 5.84. The van der Waals surface area contributed by atoms with Gasteiger partial charge in [0.05, 0.1) is 0 Å². The molecule has 0 fully saturated rings. The molecule has 0 saturated heterocycles. The highest BCUT2D eigenvalue weighted by Crippen LogP contribution is 2.24. The summed E-state index contributed by atoms with van der Waals surface area (Å²) >= 11 is 0. The third-order valence-corrected chi connectivity index (χ3v) is 3.57. The van der Waals surface area contributed by atoms with Gasteiger partial charge in [-0.05, 0) is 36.5 Å². The van der Waals surface area contributed by atoms with E-state index in [1.54, 1.807) is 7.11 Å². The third-order valence-electron chi connectivity index (χ3n) is 3.57. The van der Waals surface area contributed by atoms with Gasteiger partial charge in [-0.3, -0.25) is 0 Å². The number of aryl methyl sites for hydroxylation is 3. The van der Waals surface area contributed by atoms with E-state index in [0.717, 1.165) is 32.4 Å². The second-order valence-electron chi connectivity index (χ2n) is 4.75. The van der Waals surface area contributed by atoms with E-state index in [1.807, 2.05) is 0 Å². The highest BCUT2D eigenvalue weighted by atomic mass is 16.5. The predicted octanol–water partition coefficient (Wildman–Crippen LogP) is 3.80. The zero-order valence-electron chi connectivity index (χ0n) is 11.7. The number of fused-ring (bicyclic) bond motifs is 1. The van der Waals surface area contributed by atoms with Crippen molar-refractivity contribution in [2.75, 3.05) is 13.7 Å². The molecular formula is C16H23NO. The molecule has 2 rings (SSSR count). The van der Waals surface area contributed by atoms with Crippen LogP contribution < -0.4 is 0 Å². The van der Waals surface area contributed by atoms with Crippen LogP contribution in [-0.2, 0) is 24.1 Å². The lowest BCUT2D eigenvalue weighted by Crippen LogP contribution is -2.00. The number of nitrogens with zero attached hydrogens (tertiary/aromatic N) is 1. The van der Waals surface area contributed by atoms with Gasteiger partial charge in [-0.1, -0.05) is 26.0 Å². The van der Waals surface area contributed by atoms with Crippen molar-refractivity contribution in [3.8, 4) is 0 Å². The Labute approximate surface area is 110 Å². The van der Waals surface area contributed by atoms with Crippen molar-refractivity contribution in [1.29, 1.82) is 0 Å². The second kappa shape index (κ2) is 6.05. The molecule has 0 aliphatic carbocycles. The first-order valence-electron chi connectivity index (χ1n) is 6.89. The van der Waals surface area contributed by atoms with Crippen molar-refractivity contribution < 1.29 is 4.74 Å². The van der Waals surface area contributed by atoms with Gasteiger partial charge in [0.2, 0.25) is 0 Å². The fourth-order valence-electron chi connectivity index (χ4n) is 2.48. The summed E-state index contributed by atoms with van der Waals surface area (Å²) in [5.74, 6) is 0. The summed E-state index contributed by atoms with van der Waals surface area (Å²) in [4.78, 5) is 0.